The van der Waals surface area contributed by atoms with Gasteiger partial charge in [0.15, 0.2) is 6.61 Å². The molecule has 0 aromatic heterocycles. The summed E-state index contributed by atoms with van der Waals surface area (Å²) in [5.74, 6) is -0.550. The molecular weight excluding hydrogens is 396 g/mol. The molecule has 0 radical (unpaired) electrons. The van der Waals surface area contributed by atoms with Crippen molar-refractivity contribution in [2.45, 2.75) is 32.1 Å². The van der Waals surface area contributed by atoms with Crippen LogP contribution in [-0.4, -0.2) is 49.5 Å². The summed E-state index contributed by atoms with van der Waals surface area (Å²) in [4.78, 5) is 39.4. The number of para-hydroxylation sites is 1. The third-order valence-electron chi connectivity index (χ3n) is 5.28. The SMILES string of the molecule is COc1ccc(C(=O)Nc2ccccc2C(=O)OCC(=O)N2CCCCCCC2)cc1. The Morgan fingerprint density at radius 2 is 1.55 bits per heavy atom. The lowest BCUT2D eigenvalue weighted by Crippen LogP contribution is -2.37. The van der Waals surface area contributed by atoms with Crippen molar-refractivity contribution in [2.75, 3.05) is 32.1 Å². The predicted octanol–water partition coefficient (Wildman–Crippen LogP) is 3.90. The molecule has 0 bridgehead atoms. The maximum absolute atomic E-state index is 12.6. The van der Waals surface area contributed by atoms with E-state index in [1.807, 2.05) is 0 Å². The van der Waals surface area contributed by atoms with Crippen molar-refractivity contribution in [1.82, 2.24) is 4.90 Å². The second-order valence-electron chi connectivity index (χ2n) is 7.45. The molecule has 1 aliphatic heterocycles. The fraction of sp³-hybridized carbons (Fsp3) is 0.375. The molecule has 1 N–H and O–H groups in total. The van der Waals surface area contributed by atoms with Gasteiger partial charge < -0.3 is 19.7 Å². The minimum absolute atomic E-state index is 0.185. The van der Waals surface area contributed by atoms with Crippen molar-refractivity contribution in [1.29, 1.82) is 0 Å². The van der Waals surface area contributed by atoms with Gasteiger partial charge in [0.25, 0.3) is 11.8 Å². The average molecular weight is 424 g/mol. The van der Waals surface area contributed by atoms with Gasteiger partial charge in [-0.25, -0.2) is 4.79 Å². The average Bonchev–Trinajstić information content (AvgIpc) is 2.77. The molecule has 2 amide bonds. The number of carbonyl (C=O) groups is 3. The van der Waals surface area contributed by atoms with Crippen LogP contribution in [0.5, 0.6) is 5.75 Å². The molecule has 1 saturated heterocycles. The van der Waals surface area contributed by atoms with Crippen LogP contribution in [0.4, 0.5) is 5.69 Å². The lowest BCUT2D eigenvalue weighted by molar-refractivity contribution is -0.134. The number of nitrogens with one attached hydrogen (secondary N) is 1. The topological polar surface area (TPSA) is 84.9 Å². The molecule has 0 unspecified atom stereocenters. The van der Waals surface area contributed by atoms with Crippen LogP contribution in [0.3, 0.4) is 0 Å². The van der Waals surface area contributed by atoms with Gasteiger partial charge in [0, 0.05) is 18.7 Å². The van der Waals surface area contributed by atoms with E-state index in [-0.39, 0.29) is 24.0 Å². The van der Waals surface area contributed by atoms with E-state index in [0.29, 0.717) is 30.1 Å². The van der Waals surface area contributed by atoms with Gasteiger partial charge >= 0.3 is 5.97 Å². The molecule has 1 aliphatic rings. The van der Waals surface area contributed by atoms with Gasteiger partial charge in [-0.3, -0.25) is 9.59 Å². The van der Waals surface area contributed by atoms with E-state index in [0.717, 1.165) is 25.7 Å². The first kappa shape index (κ1) is 22.3. The highest BCUT2D eigenvalue weighted by atomic mass is 16.5. The third-order valence-corrected chi connectivity index (χ3v) is 5.28. The molecule has 0 saturated carbocycles. The number of likely N-dealkylation sites (tertiary alicyclic amines) is 1. The van der Waals surface area contributed by atoms with E-state index in [2.05, 4.69) is 5.32 Å². The number of rotatable bonds is 6. The maximum atomic E-state index is 12.6. The molecule has 0 spiro atoms. The van der Waals surface area contributed by atoms with Crippen LogP contribution in [0.2, 0.25) is 0 Å². The second kappa shape index (κ2) is 11.2. The normalized spacial score (nSPS) is 14.2. The fourth-order valence-corrected chi connectivity index (χ4v) is 3.50. The van der Waals surface area contributed by atoms with Crippen molar-refractivity contribution in [3.63, 3.8) is 0 Å². The highest BCUT2D eigenvalue weighted by Gasteiger charge is 2.19. The van der Waals surface area contributed by atoms with Crippen molar-refractivity contribution < 1.29 is 23.9 Å². The molecule has 164 valence electrons. The van der Waals surface area contributed by atoms with Crippen LogP contribution in [0.1, 0.15) is 52.8 Å². The van der Waals surface area contributed by atoms with E-state index in [4.69, 9.17) is 9.47 Å². The zero-order valence-electron chi connectivity index (χ0n) is 17.8. The number of benzene rings is 2. The van der Waals surface area contributed by atoms with Crippen LogP contribution >= 0.6 is 0 Å². The van der Waals surface area contributed by atoms with E-state index < -0.39 is 5.97 Å². The van der Waals surface area contributed by atoms with Crippen LogP contribution in [0.25, 0.3) is 0 Å². The quantitative estimate of drug-likeness (QED) is 0.711. The Kier molecular flexibility index (Phi) is 8.04. The molecule has 0 atom stereocenters. The molecule has 3 rings (SSSR count). The first-order valence-corrected chi connectivity index (χ1v) is 10.6. The van der Waals surface area contributed by atoms with E-state index in [1.165, 1.54) is 6.42 Å². The number of nitrogens with zero attached hydrogens (tertiary/aromatic N) is 1. The number of hydrogen-bond acceptors (Lipinski definition) is 5. The van der Waals surface area contributed by atoms with Crippen LogP contribution in [0.15, 0.2) is 48.5 Å². The Balaban J connectivity index is 1.61. The highest BCUT2D eigenvalue weighted by molar-refractivity contribution is 6.08. The lowest BCUT2D eigenvalue weighted by Gasteiger charge is -2.24. The molecule has 2 aromatic rings. The molecule has 2 aromatic carbocycles. The van der Waals surface area contributed by atoms with Crippen molar-refractivity contribution in [3.8, 4) is 5.75 Å². The zero-order valence-corrected chi connectivity index (χ0v) is 17.8. The van der Waals surface area contributed by atoms with Gasteiger partial charge in [0.2, 0.25) is 0 Å². The standard InChI is InChI=1S/C24H28N2O5/c1-30-19-13-11-18(12-14-19)23(28)25-21-10-6-5-9-20(21)24(29)31-17-22(27)26-15-7-3-2-4-8-16-26/h5-6,9-14H,2-4,7-8,15-17H2,1H3,(H,25,28). The van der Waals surface area contributed by atoms with E-state index in [1.54, 1.807) is 60.5 Å². The number of anilines is 1. The molecule has 1 fully saturated rings. The van der Waals surface area contributed by atoms with Crippen molar-refractivity contribution in [3.05, 3.63) is 59.7 Å². The first-order valence-electron chi connectivity index (χ1n) is 10.6. The summed E-state index contributed by atoms with van der Waals surface area (Å²) in [5, 5.41) is 2.74. The summed E-state index contributed by atoms with van der Waals surface area (Å²) in [6.07, 6.45) is 5.38. The van der Waals surface area contributed by atoms with Crippen molar-refractivity contribution in [2.24, 2.45) is 0 Å². The largest absolute Gasteiger partial charge is 0.497 e. The number of carbonyl (C=O) groups excluding carboxylic acids is 3. The Morgan fingerprint density at radius 3 is 2.23 bits per heavy atom. The number of ether oxygens (including phenoxy) is 2. The van der Waals surface area contributed by atoms with Gasteiger partial charge in [-0.05, 0) is 49.2 Å². The zero-order chi connectivity index (χ0) is 22.1. The van der Waals surface area contributed by atoms with Crippen LogP contribution in [-0.2, 0) is 9.53 Å². The molecule has 7 nitrogen and oxygen atoms in total. The minimum atomic E-state index is -0.647. The molecular formula is C24H28N2O5. The number of methoxy groups -OCH3 is 1. The fourth-order valence-electron chi connectivity index (χ4n) is 3.50. The molecule has 1 heterocycles. The Hall–Kier alpha value is -3.35. The number of amides is 2. The van der Waals surface area contributed by atoms with Gasteiger partial charge in [0.05, 0.1) is 18.4 Å². The summed E-state index contributed by atoms with van der Waals surface area (Å²) in [5.41, 5.74) is 0.952. The summed E-state index contributed by atoms with van der Waals surface area (Å²) in [7, 11) is 1.55. The van der Waals surface area contributed by atoms with Gasteiger partial charge in [-0.15, -0.1) is 0 Å². The minimum Gasteiger partial charge on any atom is -0.497 e. The van der Waals surface area contributed by atoms with Gasteiger partial charge in [0.1, 0.15) is 5.75 Å². The summed E-state index contributed by atoms with van der Waals surface area (Å²) >= 11 is 0. The Bertz CT molecular complexity index is 902. The first-order chi connectivity index (χ1) is 15.1. The predicted molar refractivity (Wildman–Crippen MR) is 117 cm³/mol. The maximum Gasteiger partial charge on any atom is 0.340 e. The Morgan fingerprint density at radius 1 is 0.903 bits per heavy atom. The summed E-state index contributed by atoms with van der Waals surface area (Å²) in [6.45, 7) is 1.09. The van der Waals surface area contributed by atoms with Gasteiger partial charge in [-0.2, -0.15) is 0 Å². The highest BCUT2D eigenvalue weighted by Crippen LogP contribution is 2.19. The monoisotopic (exact) mass is 424 g/mol. The van der Waals surface area contributed by atoms with E-state index >= 15 is 0 Å². The van der Waals surface area contributed by atoms with Crippen LogP contribution < -0.4 is 10.1 Å². The van der Waals surface area contributed by atoms with Gasteiger partial charge in [-0.1, -0.05) is 31.4 Å². The Labute approximate surface area is 182 Å². The molecule has 31 heavy (non-hydrogen) atoms. The number of esters is 1. The lowest BCUT2D eigenvalue weighted by atomic mass is 10.1. The second-order valence-corrected chi connectivity index (χ2v) is 7.45. The van der Waals surface area contributed by atoms with Crippen LogP contribution in [0, 0.1) is 0 Å². The molecule has 0 aliphatic carbocycles. The smallest absolute Gasteiger partial charge is 0.340 e. The molecule has 7 heteroatoms. The summed E-state index contributed by atoms with van der Waals surface area (Å²) in [6, 6.07) is 13.2. The number of hydrogen-bond donors (Lipinski definition) is 1. The summed E-state index contributed by atoms with van der Waals surface area (Å²) < 4.78 is 10.4. The van der Waals surface area contributed by atoms with E-state index in [9.17, 15) is 14.4 Å². The third kappa shape index (κ3) is 6.31. The van der Waals surface area contributed by atoms with Crippen molar-refractivity contribution >= 4 is 23.5 Å².